The van der Waals surface area contributed by atoms with Gasteiger partial charge in [0.05, 0.1) is 18.0 Å². The molecule has 0 amide bonds. The van der Waals surface area contributed by atoms with Gasteiger partial charge >= 0.3 is 11.9 Å². The number of hydrogen-bond acceptors (Lipinski definition) is 6. The summed E-state index contributed by atoms with van der Waals surface area (Å²) >= 11 is 0. The number of rotatable bonds is 4. The molecule has 100 valence electrons. The van der Waals surface area contributed by atoms with Crippen molar-refractivity contribution in [3.63, 3.8) is 0 Å². The van der Waals surface area contributed by atoms with Crippen LogP contribution in [-0.2, 0) is 25.5 Å². The molecule has 1 heterocycles. The molecule has 1 aliphatic rings. The second-order valence-electron chi connectivity index (χ2n) is 4.00. The van der Waals surface area contributed by atoms with Gasteiger partial charge in [-0.25, -0.2) is 4.79 Å². The molecular weight excluding hydrogens is 254 g/mol. The van der Waals surface area contributed by atoms with E-state index in [2.05, 4.69) is 4.74 Å². The third kappa shape index (κ3) is 3.06. The number of para-hydroxylation sites is 1. The summed E-state index contributed by atoms with van der Waals surface area (Å²) in [6.07, 6.45) is -0.821. The number of cyclic esters (lactones) is 1. The quantitative estimate of drug-likeness (QED) is 0.457. The van der Waals surface area contributed by atoms with Crippen molar-refractivity contribution in [1.82, 2.24) is 0 Å². The van der Waals surface area contributed by atoms with Crippen LogP contribution in [0.4, 0.5) is 5.69 Å². The van der Waals surface area contributed by atoms with Crippen LogP contribution in [-0.4, -0.2) is 29.6 Å². The number of hydrogen-bond donors (Lipinski definition) is 0. The average molecular weight is 265 g/mol. The summed E-state index contributed by atoms with van der Waals surface area (Å²) in [5, 5.41) is 10.8. The van der Waals surface area contributed by atoms with Gasteiger partial charge in [0.1, 0.15) is 0 Å². The van der Waals surface area contributed by atoms with E-state index < -0.39 is 23.0 Å². The van der Waals surface area contributed by atoms with E-state index >= 15 is 0 Å². The lowest BCUT2D eigenvalue weighted by atomic mass is 10.1. The summed E-state index contributed by atoms with van der Waals surface area (Å²) < 4.78 is 9.58. The lowest BCUT2D eigenvalue weighted by molar-refractivity contribution is -0.385. The van der Waals surface area contributed by atoms with Gasteiger partial charge in [-0.3, -0.25) is 14.9 Å². The number of nitro groups is 1. The van der Waals surface area contributed by atoms with Gasteiger partial charge in [0.25, 0.3) is 5.69 Å². The fourth-order valence-electron chi connectivity index (χ4n) is 1.78. The first kappa shape index (κ1) is 13.0. The van der Waals surface area contributed by atoms with Crippen molar-refractivity contribution in [3.05, 3.63) is 39.9 Å². The number of nitro benzene ring substituents is 1. The maximum absolute atomic E-state index is 11.6. The molecule has 0 aliphatic carbocycles. The Morgan fingerprint density at radius 1 is 1.47 bits per heavy atom. The zero-order chi connectivity index (χ0) is 13.8. The van der Waals surface area contributed by atoms with E-state index in [9.17, 15) is 19.7 Å². The molecule has 1 aliphatic heterocycles. The fourth-order valence-corrected chi connectivity index (χ4v) is 1.78. The minimum Gasteiger partial charge on any atom is -0.463 e. The molecule has 2 rings (SSSR count). The third-order valence-electron chi connectivity index (χ3n) is 2.68. The van der Waals surface area contributed by atoms with Crippen LogP contribution < -0.4 is 0 Å². The highest BCUT2D eigenvalue weighted by Crippen LogP contribution is 2.19. The Hall–Kier alpha value is -2.44. The molecule has 0 unspecified atom stereocenters. The van der Waals surface area contributed by atoms with Crippen LogP contribution >= 0.6 is 0 Å². The molecule has 0 saturated carbocycles. The number of ether oxygens (including phenoxy) is 2. The smallest absolute Gasteiger partial charge is 0.347 e. The standard InChI is InChI=1S/C12H11NO6/c14-11(19-10-5-6-18-12(10)15)7-8-3-1-2-4-9(8)13(16)17/h1-4,10H,5-7H2/t10-/m0/s1. The summed E-state index contributed by atoms with van der Waals surface area (Å²) in [6.45, 7) is 0.224. The second-order valence-corrected chi connectivity index (χ2v) is 4.00. The van der Waals surface area contributed by atoms with Crippen molar-refractivity contribution in [3.8, 4) is 0 Å². The number of nitrogens with zero attached hydrogens (tertiary/aromatic N) is 1. The molecule has 0 N–H and O–H groups in total. The second kappa shape index (κ2) is 5.47. The molecule has 0 bridgehead atoms. The molecule has 7 heteroatoms. The van der Waals surface area contributed by atoms with E-state index in [1.54, 1.807) is 6.07 Å². The van der Waals surface area contributed by atoms with E-state index in [1.807, 2.05) is 0 Å². The highest BCUT2D eigenvalue weighted by atomic mass is 16.6. The van der Waals surface area contributed by atoms with Gasteiger partial charge in [-0.05, 0) is 0 Å². The van der Waals surface area contributed by atoms with E-state index in [-0.39, 0.29) is 24.3 Å². The van der Waals surface area contributed by atoms with E-state index in [0.29, 0.717) is 6.42 Å². The van der Waals surface area contributed by atoms with Crippen LogP contribution in [0.15, 0.2) is 24.3 Å². The van der Waals surface area contributed by atoms with E-state index in [4.69, 9.17) is 4.74 Å². The summed E-state index contributed by atoms with van der Waals surface area (Å²) in [5.74, 6) is -1.26. The molecule has 1 saturated heterocycles. The normalized spacial score (nSPS) is 17.9. The van der Waals surface area contributed by atoms with Gasteiger partial charge in [-0.1, -0.05) is 18.2 Å². The van der Waals surface area contributed by atoms with Crippen LogP contribution in [0.5, 0.6) is 0 Å². The Morgan fingerprint density at radius 3 is 2.84 bits per heavy atom. The van der Waals surface area contributed by atoms with Crippen LogP contribution in [0.3, 0.4) is 0 Å². The van der Waals surface area contributed by atoms with Crippen LogP contribution in [0.1, 0.15) is 12.0 Å². The minimum absolute atomic E-state index is 0.145. The van der Waals surface area contributed by atoms with Crippen LogP contribution in [0.2, 0.25) is 0 Å². The minimum atomic E-state index is -0.893. The maximum atomic E-state index is 11.6. The van der Waals surface area contributed by atoms with Gasteiger partial charge in [0.2, 0.25) is 6.10 Å². The zero-order valence-electron chi connectivity index (χ0n) is 9.90. The predicted molar refractivity (Wildman–Crippen MR) is 62.3 cm³/mol. The molecule has 0 aromatic heterocycles. The van der Waals surface area contributed by atoms with Crippen molar-refractivity contribution < 1.29 is 24.0 Å². The Labute approximate surface area is 108 Å². The molecule has 0 radical (unpaired) electrons. The summed E-state index contributed by atoms with van der Waals surface area (Å²) in [7, 11) is 0. The Kier molecular flexibility index (Phi) is 3.74. The van der Waals surface area contributed by atoms with E-state index in [0.717, 1.165) is 0 Å². The third-order valence-corrected chi connectivity index (χ3v) is 2.68. The molecule has 1 fully saturated rings. The molecule has 1 atom stereocenters. The number of carbonyl (C=O) groups is 2. The van der Waals surface area contributed by atoms with Crippen LogP contribution in [0, 0.1) is 10.1 Å². The molecular formula is C12H11NO6. The fraction of sp³-hybridized carbons (Fsp3) is 0.333. The maximum Gasteiger partial charge on any atom is 0.347 e. The van der Waals surface area contributed by atoms with Crippen molar-refractivity contribution in [1.29, 1.82) is 0 Å². The first-order valence-electron chi connectivity index (χ1n) is 5.66. The van der Waals surface area contributed by atoms with Gasteiger partial charge < -0.3 is 9.47 Å². The molecule has 1 aromatic carbocycles. The van der Waals surface area contributed by atoms with Crippen molar-refractivity contribution in [2.24, 2.45) is 0 Å². The summed E-state index contributed by atoms with van der Waals surface area (Å²) in [4.78, 5) is 33.0. The van der Waals surface area contributed by atoms with Gasteiger partial charge in [-0.15, -0.1) is 0 Å². The zero-order valence-corrected chi connectivity index (χ0v) is 9.90. The van der Waals surface area contributed by atoms with Gasteiger partial charge in [0.15, 0.2) is 0 Å². The lowest BCUT2D eigenvalue weighted by Crippen LogP contribution is -2.23. The highest BCUT2D eigenvalue weighted by molar-refractivity contribution is 5.81. The molecule has 19 heavy (non-hydrogen) atoms. The van der Waals surface area contributed by atoms with E-state index in [1.165, 1.54) is 18.2 Å². The number of esters is 2. The predicted octanol–water partition coefficient (Wildman–Crippen LogP) is 0.996. The van der Waals surface area contributed by atoms with Gasteiger partial charge in [-0.2, -0.15) is 0 Å². The monoisotopic (exact) mass is 265 g/mol. The SMILES string of the molecule is O=C(Cc1ccccc1[N+](=O)[O-])O[C@H]1CCOC1=O. The topological polar surface area (TPSA) is 95.7 Å². The van der Waals surface area contributed by atoms with Crippen molar-refractivity contribution >= 4 is 17.6 Å². The van der Waals surface area contributed by atoms with Gasteiger partial charge in [0, 0.05) is 18.1 Å². The highest BCUT2D eigenvalue weighted by Gasteiger charge is 2.30. The summed E-state index contributed by atoms with van der Waals surface area (Å²) in [5.41, 5.74) is 0.109. The Morgan fingerprint density at radius 2 is 2.21 bits per heavy atom. The van der Waals surface area contributed by atoms with Crippen LogP contribution in [0.25, 0.3) is 0 Å². The molecule has 1 aromatic rings. The average Bonchev–Trinajstić information content (AvgIpc) is 2.75. The summed E-state index contributed by atoms with van der Waals surface area (Å²) in [6, 6.07) is 5.90. The van der Waals surface area contributed by atoms with Crippen molar-refractivity contribution in [2.45, 2.75) is 18.9 Å². The Balaban J connectivity index is 2.03. The molecule has 7 nitrogen and oxygen atoms in total. The molecule has 0 spiro atoms. The first-order valence-corrected chi connectivity index (χ1v) is 5.66. The Bertz CT molecular complexity index is 527. The first-order chi connectivity index (χ1) is 9.08. The van der Waals surface area contributed by atoms with Crippen molar-refractivity contribution in [2.75, 3.05) is 6.61 Å². The number of carbonyl (C=O) groups excluding carboxylic acids is 2. The lowest BCUT2D eigenvalue weighted by Gasteiger charge is -2.08. The number of benzene rings is 1. The largest absolute Gasteiger partial charge is 0.463 e.